The average molecular weight is 348 g/mol. The van der Waals surface area contributed by atoms with E-state index < -0.39 is 11.7 Å². The molecular weight excluding hydrogens is 332 g/mol. The molecule has 1 amide bonds. The van der Waals surface area contributed by atoms with E-state index in [1.807, 2.05) is 0 Å². The van der Waals surface area contributed by atoms with Crippen LogP contribution < -0.4 is 0 Å². The molecule has 0 aliphatic carbocycles. The second kappa shape index (κ2) is 7.29. The fraction of sp³-hybridized carbons (Fsp3) is 0.467. The lowest BCUT2D eigenvalue weighted by atomic mass is 9.97. The topological polar surface area (TPSA) is 46.6 Å². The number of amides is 1. The predicted molar refractivity (Wildman–Crippen MR) is 81.7 cm³/mol. The van der Waals surface area contributed by atoms with Gasteiger partial charge in [-0.15, -0.1) is 0 Å². The number of carbonyl (C=O) groups is 2. The van der Waals surface area contributed by atoms with Crippen molar-refractivity contribution in [2.45, 2.75) is 19.8 Å². The molecule has 1 fully saturated rings. The molecule has 1 atom stereocenters. The minimum Gasteiger partial charge on any atom is -0.466 e. The van der Waals surface area contributed by atoms with Crippen molar-refractivity contribution in [3.8, 4) is 0 Å². The van der Waals surface area contributed by atoms with Crippen LogP contribution in [0, 0.1) is 11.7 Å². The monoisotopic (exact) mass is 347 g/mol. The molecule has 1 aromatic carbocycles. The van der Waals surface area contributed by atoms with Crippen molar-refractivity contribution < 1.29 is 18.7 Å². The Morgan fingerprint density at radius 2 is 2.09 bits per heavy atom. The molecule has 1 aliphatic heterocycles. The van der Waals surface area contributed by atoms with Crippen molar-refractivity contribution in [2.24, 2.45) is 5.92 Å². The van der Waals surface area contributed by atoms with Crippen molar-refractivity contribution >= 4 is 35.1 Å². The first-order valence-electron chi connectivity index (χ1n) is 7.04. The minimum atomic E-state index is -0.701. The molecule has 2 rings (SSSR count). The highest BCUT2D eigenvalue weighted by molar-refractivity contribution is 6.36. The van der Waals surface area contributed by atoms with E-state index in [2.05, 4.69) is 0 Å². The Morgan fingerprint density at radius 3 is 2.77 bits per heavy atom. The van der Waals surface area contributed by atoms with Gasteiger partial charge in [-0.25, -0.2) is 4.39 Å². The molecule has 0 spiro atoms. The van der Waals surface area contributed by atoms with E-state index in [-0.39, 0.29) is 34.0 Å². The summed E-state index contributed by atoms with van der Waals surface area (Å²) in [6.07, 6.45) is 1.36. The molecule has 22 heavy (non-hydrogen) atoms. The summed E-state index contributed by atoms with van der Waals surface area (Å²) in [6, 6.07) is 2.24. The van der Waals surface area contributed by atoms with Crippen LogP contribution >= 0.6 is 23.2 Å². The molecule has 1 saturated heterocycles. The van der Waals surface area contributed by atoms with E-state index in [9.17, 15) is 14.0 Å². The van der Waals surface area contributed by atoms with Crippen molar-refractivity contribution in [1.29, 1.82) is 0 Å². The molecule has 0 bridgehead atoms. The molecule has 0 N–H and O–H groups in total. The Labute approximate surface area is 138 Å². The number of benzene rings is 1. The summed E-state index contributed by atoms with van der Waals surface area (Å²) >= 11 is 11.6. The van der Waals surface area contributed by atoms with Crippen molar-refractivity contribution in [1.82, 2.24) is 4.90 Å². The van der Waals surface area contributed by atoms with Gasteiger partial charge < -0.3 is 9.64 Å². The normalized spacial score (nSPS) is 18.2. The van der Waals surface area contributed by atoms with Gasteiger partial charge in [0, 0.05) is 13.1 Å². The molecule has 0 saturated carbocycles. The average Bonchev–Trinajstić information content (AvgIpc) is 2.50. The number of esters is 1. The first-order valence-corrected chi connectivity index (χ1v) is 7.80. The van der Waals surface area contributed by atoms with Gasteiger partial charge >= 0.3 is 5.97 Å². The Hall–Kier alpha value is -1.33. The zero-order valence-electron chi connectivity index (χ0n) is 12.1. The van der Waals surface area contributed by atoms with Crippen LogP contribution in [0.3, 0.4) is 0 Å². The summed E-state index contributed by atoms with van der Waals surface area (Å²) in [5.41, 5.74) is 0.0491. The smallest absolute Gasteiger partial charge is 0.310 e. The molecule has 1 aromatic rings. The fourth-order valence-electron chi connectivity index (χ4n) is 2.47. The fourth-order valence-corrected chi connectivity index (χ4v) is 2.93. The van der Waals surface area contributed by atoms with E-state index in [1.54, 1.807) is 6.92 Å². The maximum absolute atomic E-state index is 13.6. The third kappa shape index (κ3) is 3.70. The van der Waals surface area contributed by atoms with Gasteiger partial charge in [0.15, 0.2) is 0 Å². The first kappa shape index (κ1) is 17.0. The number of halogens is 3. The van der Waals surface area contributed by atoms with Crippen molar-refractivity contribution in [3.05, 3.63) is 33.6 Å². The van der Waals surface area contributed by atoms with Gasteiger partial charge in [-0.05, 0) is 31.9 Å². The van der Waals surface area contributed by atoms with E-state index >= 15 is 0 Å². The van der Waals surface area contributed by atoms with Crippen molar-refractivity contribution in [3.63, 3.8) is 0 Å². The first-order chi connectivity index (χ1) is 10.4. The minimum absolute atomic E-state index is 0.0491. The molecule has 1 aliphatic rings. The van der Waals surface area contributed by atoms with Gasteiger partial charge in [-0.2, -0.15) is 0 Å². The standard InChI is InChI=1S/C15H16Cl2FNO3/c1-2-22-15(21)9-4-3-5-19(8-9)14(20)10-6-13(18)12(17)7-11(10)16/h6-7,9H,2-5,8H2,1H3/t9-/m1/s1. The summed E-state index contributed by atoms with van der Waals surface area (Å²) in [6.45, 7) is 2.78. The van der Waals surface area contributed by atoms with Crippen LogP contribution in [0.25, 0.3) is 0 Å². The lowest BCUT2D eigenvalue weighted by Crippen LogP contribution is -2.43. The number of nitrogens with zero attached hydrogens (tertiary/aromatic N) is 1. The van der Waals surface area contributed by atoms with E-state index in [0.717, 1.165) is 6.07 Å². The van der Waals surface area contributed by atoms with Crippen LogP contribution in [0.5, 0.6) is 0 Å². The Morgan fingerprint density at radius 1 is 1.36 bits per heavy atom. The Kier molecular flexibility index (Phi) is 5.64. The summed E-state index contributed by atoms with van der Waals surface area (Å²) in [5.74, 6) is -1.77. The molecule has 7 heteroatoms. The molecular formula is C15H16Cl2FNO3. The number of ether oxygens (including phenoxy) is 1. The Balaban J connectivity index is 2.15. The molecule has 120 valence electrons. The van der Waals surface area contributed by atoms with E-state index in [1.165, 1.54) is 11.0 Å². The number of carbonyl (C=O) groups excluding carboxylic acids is 2. The molecule has 0 unspecified atom stereocenters. The van der Waals surface area contributed by atoms with Gasteiger partial charge in [-0.3, -0.25) is 9.59 Å². The third-order valence-corrected chi connectivity index (χ3v) is 4.17. The van der Waals surface area contributed by atoms with Crippen LogP contribution in [0.15, 0.2) is 12.1 Å². The lowest BCUT2D eigenvalue weighted by Gasteiger charge is -2.31. The van der Waals surface area contributed by atoms with E-state index in [0.29, 0.717) is 26.0 Å². The van der Waals surface area contributed by atoms with Crippen molar-refractivity contribution in [2.75, 3.05) is 19.7 Å². The molecule has 1 heterocycles. The second-order valence-electron chi connectivity index (χ2n) is 5.09. The van der Waals surface area contributed by atoms with Gasteiger partial charge in [0.05, 0.1) is 28.1 Å². The number of likely N-dealkylation sites (tertiary alicyclic amines) is 1. The number of rotatable bonds is 3. The molecule has 4 nitrogen and oxygen atoms in total. The Bertz CT molecular complexity index is 594. The second-order valence-corrected chi connectivity index (χ2v) is 5.90. The maximum atomic E-state index is 13.6. The summed E-state index contributed by atoms with van der Waals surface area (Å²) in [5, 5.41) is -0.0424. The predicted octanol–water partition coefficient (Wildman–Crippen LogP) is 3.55. The third-order valence-electron chi connectivity index (χ3n) is 3.57. The highest BCUT2D eigenvalue weighted by Gasteiger charge is 2.30. The largest absolute Gasteiger partial charge is 0.466 e. The zero-order valence-corrected chi connectivity index (χ0v) is 13.6. The maximum Gasteiger partial charge on any atom is 0.310 e. The highest BCUT2D eigenvalue weighted by Crippen LogP contribution is 2.27. The van der Waals surface area contributed by atoms with Gasteiger partial charge in [-0.1, -0.05) is 23.2 Å². The van der Waals surface area contributed by atoms with Crippen LogP contribution in [-0.4, -0.2) is 36.5 Å². The van der Waals surface area contributed by atoms with Crippen LogP contribution in [-0.2, 0) is 9.53 Å². The van der Waals surface area contributed by atoms with Crippen LogP contribution in [0.4, 0.5) is 4.39 Å². The summed E-state index contributed by atoms with van der Waals surface area (Å²) in [7, 11) is 0. The quantitative estimate of drug-likeness (QED) is 0.620. The van der Waals surface area contributed by atoms with Gasteiger partial charge in [0.2, 0.25) is 0 Å². The van der Waals surface area contributed by atoms with E-state index in [4.69, 9.17) is 27.9 Å². The SMILES string of the molecule is CCOC(=O)[C@@H]1CCCN(C(=O)c2cc(F)c(Cl)cc2Cl)C1. The summed E-state index contributed by atoms with van der Waals surface area (Å²) in [4.78, 5) is 25.8. The summed E-state index contributed by atoms with van der Waals surface area (Å²) < 4.78 is 18.5. The van der Waals surface area contributed by atoms with Crippen LogP contribution in [0.2, 0.25) is 10.0 Å². The van der Waals surface area contributed by atoms with Crippen LogP contribution in [0.1, 0.15) is 30.1 Å². The number of piperidine rings is 1. The molecule has 0 radical (unpaired) electrons. The highest BCUT2D eigenvalue weighted by atomic mass is 35.5. The number of hydrogen-bond donors (Lipinski definition) is 0. The zero-order chi connectivity index (χ0) is 16.3. The number of hydrogen-bond acceptors (Lipinski definition) is 3. The lowest BCUT2D eigenvalue weighted by molar-refractivity contribution is -0.149. The molecule has 0 aromatic heterocycles. The van der Waals surface area contributed by atoms with Gasteiger partial charge in [0.1, 0.15) is 5.82 Å². The van der Waals surface area contributed by atoms with Gasteiger partial charge in [0.25, 0.3) is 5.91 Å².